The summed E-state index contributed by atoms with van der Waals surface area (Å²) in [6, 6.07) is 5.02. The van der Waals surface area contributed by atoms with E-state index in [1.54, 1.807) is 12.3 Å². The molecule has 1 aliphatic carbocycles. The first-order valence-corrected chi connectivity index (χ1v) is 10.7. The van der Waals surface area contributed by atoms with Gasteiger partial charge in [0.1, 0.15) is 22.9 Å². The van der Waals surface area contributed by atoms with Crippen molar-refractivity contribution < 1.29 is 35.5 Å². The maximum absolute atomic E-state index is 14.6. The van der Waals surface area contributed by atoms with E-state index in [-0.39, 0.29) is 23.4 Å². The van der Waals surface area contributed by atoms with Gasteiger partial charge in [-0.2, -0.15) is 8.78 Å². The fourth-order valence-electron chi connectivity index (χ4n) is 4.20. The maximum Gasteiger partial charge on any atom is 0.432 e. The smallest absolute Gasteiger partial charge is 0.429 e. The van der Waals surface area contributed by atoms with Crippen molar-refractivity contribution in [2.45, 2.75) is 44.6 Å². The van der Waals surface area contributed by atoms with Crippen LogP contribution in [-0.4, -0.2) is 4.98 Å². The van der Waals surface area contributed by atoms with E-state index < -0.39 is 46.5 Å². The zero-order valence-corrected chi connectivity index (χ0v) is 18.0. The molecule has 0 radical (unpaired) electrons. The average molecular weight is 483 g/mol. The summed E-state index contributed by atoms with van der Waals surface area (Å²) < 4.78 is 102. The lowest BCUT2D eigenvalue weighted by atomic mass is 9.80. The van der Waals surface area contributed by atoms with Crippen molar-refractivity contribution in [3.63, 3.8) is 0 Å². The highest BCUT2D eigenvalue weighted by atomic mass is 19.3. The van der Waals surface area contributed by atoms with E-state index in [9.17, 15) is 30.7 Å². The summed E-state index contributed by atoms with van der Waals surface area (Å²) in [5.74, 6) is -8.88. The molecule has 0 amide bonds. The van der Waals surface area contributed by atoms with Crippen LogP contribution in [0.3, 0.4) is 0 Å². The number of hydrogen-bond acceptors (Lipinski definition) is 2. The minimum Gasteiger partial charge on any atom is -0.429 e. The van der Waals surface area contributed by atoms with Gasteiger partial charge in [-0.25, -0.2) is 22.0 Å². The number of ether oxygens (including phenoxy) is 1. The number of halogens is 7. The standard InChI is InChI=1S/C25H20F7NO/c1-13-2-4-14(5-3-13)15-6-7-22(33-12-15)16-8-18(26)23(19(27)9-16)25(31,32)34-17-10-20(28)24(30)21(29)11-17/h6-14H,2-5H2,1H3. The predicted octanol–water partition coefficient (Wildman–Crippen LogP) is 7.87. The minimum absolute atomic E-state index is 0.0720. The zero-order chi connectivity index (χ0) is 24.6. The summed E-state index contributed by atoms with van der Waals surface area (Å²) >= 11 is 0. The van der Waals surface area contributed by atoms with E-state index >= 15 is 0 Å². The Hall–Kier alpha value is -3.10. The van der Waals surface area contributed by atoms with Crippen LogP contribution in [0, 0.1) is 35.0 Å². The lowest BCUT2D eigenvalue weighted by Crippen LogP contribution is -2.25. The summed E-state index contributed by atoms with van der Waals surface area (Å²) in [4.78, 5) is 4.24. The molecule has 2 nitrogen and oxygen atoms in total. The molecule has 0 unspecified atom stereocenters. The van der Waals surface area contributed by atoms with E-state index in [2.05, 4.69) is 16.6 Å². The first-order valence-electron chi connectivity index (χ1n) is 10.7. The van der Waals surface area contributed by atoms with Crippen molar-refractivity contribution in [2.24, 2.45) is 5.92 Å². The lowest BCUT2D eigenvalue weighted by molar-refractivity contribution is -0.189. The molecule has 1 aromatic heterocycles. The van der Waals surface area contributed by atoms with Crippen LogP contribution in [0.5, 0.6) is 5.75 Å². The Balaban J connectivity index is 1.58. The van der Waals surface area contributed by atoms with Gasteiger partial charge in [-0.15, -0.1) is 0 Å². The molecule has 1 heterocycles. The van der Waals surface area contributed by atoms with Gasteiger partial charge in [0.2, 0.25) is 0 Å². The fourth-order valence-corrected chi connectivity index (χ4v) is 4.20. The molecule has 180 valence electrons. The monoisotopic (exact) mass is 483 g/mol. The summed E-state index contributed by atoms with van der Waals surface area (Å²) in [6.07, 6.45) is 1.25. The number of alkyl halides is 2. The molecule has 0 saturated heterocycles. The molecule has 1 aliphatic rings. The van der Waals surface area contributed by atoms with E-state index in [4.69, 9.17) is 0 Å². The second-order valence-corrected chi connectivity index (χ2v) is 8.57. The van der Waals surface area contributed by atoms with Gasteiger partial charge >= 0.3 is 6.11 Å². The SMILES string of the molecule is CC1CCC(c2ccc(-c3cc(F)c(C(F)(F)Oc4cc(F)c(F)c(F)c4)c(F)c3)nc2)CC1. The molecule has 1 fully saturated rings. The Labute approximate surface area is 191 Å². The molecular weight excluding hydrogens is 463 g/mol. The Morgan fingerprint density at radius 3 is 1.94 bits per heavy atom. The molecule has 9 heteroatoms. The number of aromatic nitrogens is 1. The van der Waals surface area contributed by atoms with Crippen molar-refractivity contribution in [2.75, 3.05) is 0 Å². The second-order valence-electron chi connectivity index (χ2n) is 8.57. The number of nitrogens with zero attached hydrogens (tertiary/aromatic N) is 1. The first kappa shape index (κ1) is 24.0. The van der Waals surface area contributed by atoms with Crippen LogP contribution in [-0.2, 0) is 6.11 Å². The molecule has 0 N–H and O–H groups in total. The second kappa shape index (κ2) is 9.27. The van der Waals surface area contributed by atoms with Gasteiger partial charge in [0.15, 0.2) is 17.5 Å². The Morgan fingerprint density at radius 2 is 1.41 bits per heavy atom. The Kier molecular flexibility index (Phi) is 6.55. The largest absolute Gasteiger partial charge is 0.432 e. The van der Waals surface area contributed by atoms with Gasteiger partial charge in [-0.05, 0) is 48.4 Å². The quantitative estimate of drug-likeness (QED) is 0.272. The number of rotatable bonds is 5. The van der Waals surface area contributed by atoms with Crippen LogP contribution in [0.4, 0.5) is 30.7 Å². The average Bonchev–Trinajstić information content (AvgIpc) is 2.77. The number of hydrogen-bond donors (Lipinski definition) is 0. The third kappa shape index (κ3) is 4.88. The molecule has 0 spiro atoms. The van der Waals surface area contributed by atoms with Crippen molar-refractivity contribution >= 4 is 0 Å². The first-order chi connectivity index (χ1) is 16.0. The predicted molar refractivity (Wildman–Crippen MR) is 111 cm³/mol. The van der Waals surface area contributed by atoms with Crippen LogP contribution in [0.15, 0.2) is 42.6 Å². The summed E-state index contributed by atoms with van der Waals surface area (Å²) in [6.45, 7) is 2.20. The molecule has 0 atom stereocenters. The van der Waals surface area contributed by atoms with Crippen molar-refractivity contribution in [3.8, 4) is 17.0 Å². The van der Waals surface area contributed by atoms with E-state index in [1.165, 1.54) is 0 Å². The van der Waals surface area contributed by atoms with Gasteiger partial charge in [-0.1, -0.05) is 25.8 Å². The zero-order valence-electron chi connectivity index (χ0n) is 18.0. The van der Waals surface area contributed by atoms with Crippen molar-refractivity contribution in [1.29, 1.82) is 0 Å². The highest BCUT2D eigenvalue weighted by molar-refractivity contribution is 5.60. The van der Waals surface area contributed by atoms with Crippen LogP contribution in [0.1, 0.15) is 49.7 Å². The summed E-state index contributed by atoms with van der Waals surface area (Å²) in [7, 11) is 0. The third-order valence-corrected chi connectivity index (χ3v) is 6.11. The van der Waals surface area contributed by atoms with Crippen LogP contribution in [0.2, 0.25) is 0 Å². The van der Waals surface area contributed by atoms with Gasteiger partial charge in [-0.3, -0.25) is 4.98 Å². The fraction of sp³-hybridized carbons (Fsp3) is 0.320. The number of benzene rings is 2. The highest BCUT2D eigenvalue weighted by Crippen LogP contribution is 2.38. The van der Waals surface area contributed by atoms with E-state index in [1.807, 2.05) is 6.07 Å². The van der Waals surface area contributed by atoms with Crippen molar-refractivity contribution in [1.82, 2.24) is 4.98 Å². The normalized spacial score (nSPS) is 18.7. The molecule has 3 aromatic rings. The number of pyridine rings is 1. The highest BCUT2D eigenvalue weighted by Gasteiger charge is 2.41. The maximum atomic E-state index is 14.6. The molecule has 2 aromatic carbocycles. The van der Waals surface area contributed by atoms with Gasteiger partial charge in [0, 0.05) is 23.9 Å². The minimum atomic E-state index is -4.64. The van der Waals surface area contributed by atoms with Crippen LogP contribution >= 0.6 is 0 Å². The molecular formula is C25H20F7NO. The van der Waals surface area contributed by atoms with Crippen molar-refractivity contribution in [3.05, 3.63) is 82.8 Å². The van der Waals surface area contributed by atoms with Crippen LogP contribution in [0.25, 0.3) is 11.3 Å². The summed E-state index contributed by atoms with van der Waals surface area (Å²) in [5, 5.41) is 0. The summed E-state index contributed by atoms with van der Waals surface area (Å²) in [5.41, 5.74) is -0.636. The van der Waals surface area contributed by atoms with Gasteiger partial charge in [0.25, 0.3) is 0 Å². The third-order valence-electron chi connectivity index (χ3n) is 6.11. The van der Waals surface area contributed by atoms with Crippen LogP contribution < -0.4 is 4.74 Å². The van der Waals surface area contributed by atoms with Gasteiger partial charge < -0.3 is 4.74 Å². The molecule has 0 aliphatic heterocycles. The molecule has 0 bridgehead atoms. The molecule has 1 saturated carbocycles. The lowest BCUT2D eigenvalue weighted by Gasteiger charge is -2.26. The molecule has 4 rings (SSSR count). The Morgan fingerprint density at radius 1 is 0.824 bits per heavy atom. The van der Waals surface area contributed by atoms with E-state index in [0.717, 1.165) is 31.2 Å². The van der Waals surface area contributed by atoms with Gasteiger partial charge in [0.05, 0.1) is 5.69 Å². The van der Waals surface area contributed by atoms with E-state index in [0.29, 0.717) is 24.0 Å². The molecule has 34 heavy (non-hydrogen) atoms. The Bertz CT molecular complexity index is 1140. The topological polar surface area (TPSA) is 22.1 Å².